The van der Waals surface area contributed by atoms with Gasteiger partial charge < -0.3 is 9.15 Å². The molecule has 0 unspecified atom stereocenters. The number of para-hydroxylation sites is 1. The minimum atomic E-state index is -0.271. The standard InChI is InChI=1S/C26H22N2O4S/c1-4-31-19-11-9-17(10-12-19)23-15(2)33-25-24(23)26(30)28(16(3)27-25)14-20(29)22-13-18-7-5-6-8-21(18)32-22/h5-13H,4,14H2,1-3H3. The Bertz CT molecular complexity index is 1520. The van der Waals surface area contributed by atoms with Crippen molar-refractivity contribution in [3.8, 4) is 16.9 Å². The highest BCUT2D eigenvalue weighted by Gasteiger charge is 2.21. The van der Waals surface area contributed by atoms with Crippen molar-refractivity contribution >= 4 is 38.3 Å². The Labute approximate surface area is 194 Å². The van der Waals surface area contributed by atoms with Gasteiger partial charge in [-0.2, -0.15) is 0 Å². The fourth-order valence-electron chi connectivity index (χ4n) is 4.06. The van der Waals surface area contributed by atoms with Crippen LogP contribution in [-0.2, 0) is 6.54 Å². The van der Waals surface area contributed by atoms with Crippen LogP contribution in [0.3, 0.4) is 0 Å². The minimum Gasteiger partial charge on any atom is -0.494 e. The van der Waals surface area contributed by atoms with Crippen LogP contribution in [0.4, 0.5) is 0 Å². The molecule has 7 heteroatoms. The smallest absolute Gasteiger partial charge is 0.263 e. The summed E-state index contributed by atoms with van der Waals surface area (Å²) in [7, 11) is 0. The van der Waals surface area contributed by atoms with Crippen LogP contribution in [0.15, 0.2) is 63.8 Å². The first-order valence-corrected chi connectivity index (χ1v) is 11.5. The summed E-state index contributed by atoms with van der Waals surface area (Å²) in [5.41, 5.74) is 2.18. The molecule has 33 heavy (non-hydrogen) atoms. The molecule has 6 nitrogen and oxygen atoms in total. The van der Waals surface area contributed by atoms with E-state index < -0.39 is 0 Å². The number of furan rings is 1. The largest absolute Gasteiger partial charge is 0.494 e. The van der Waals surface area contributed by atoms with Crippen molar-refractivity contribution < 1.29 is 13.9 Å². The molecule has 3 aromatic heterocycles. The van der Waals surface area contributed by atoms with Gasteiger partial charge in [-0.3, -0.25) is 14.2 Å². The van der Waals surface area contributed by atoms with Crippen LogP contribution >= 0.6 is 11.3 Å². The van der Waals surface area contributed by atoms with Gasteiger partial charge in [-0.25, -0.2) is 4.98 Å². The summed E-state index contributed by atoms with van der Waals surface area (Å²) in [6, 6.07) is 16.8. The summed E-state index contributed by atoms with van der Waals surface area (Å²) in [5, 5.41) is 1.38. The van der Waals surface area contributed by atoms with Crippen LogP contribution in [0.25, 0.3) is 32.3 Å². The van der Waals surface area contributed by atoms with Gasteiger partial charge in [0.25, 0.3) is 5.56 Å². The molecule has 0 N–H and O–H groups in total. The number of aryl methyl sites for hydroxylation is 2. The molecular weight excluding hydrogens is 436 g/mol. The van der Waals surface area contributed by atoms with Gasteiger partial charge in [0.2, 0.25) is 5.78 Å². The molecule has 0 radical (unpaired) electrons. The van der Waals surface area contributed by atoms with Gasteiger partial charge in [0, 0.05) is 15.8 Å². The van der Waals surface area contributed by atoms with Crippen LogP contribution in [-0.4, -0.2) is 21.9 Å². The number of ketones is 1. The van der Waals surface area contributed by atoms with Crippen molar-refractivity contribution in [1.82, 2.24) is 9.55 Å². The number of hydrogen-bond donors (Lipinski definition) is 0. The zero-order valence-electron chi connectivity index (χ0n) is 18.5. The number of carbonyl (C=O) groups is 1. The van der Waals surface area contributed by atoms with Crippen LogP contribution in [0.1, 0.15) is 28.2 Å². The van der Waals surface area contributed by atoms with Gasteiger partial charge in [-0.15, -0.1) is 11.3 Å². The van der Waals surface area contributed by atoms with E-state index in [1.165, 1.54) is 15.9 Å². The first-order valence-electron chi connectivity index (χ1n) is 10.7. The predicted molar refractivity (Wildman–Crippen MR) is 131 cm³/mol. The van der Waals surface area contributed by atoms with Crippen molar-refractivity contribution in [3.05, 3.63) is 81.4 Å². The average Bonchev–Trinajstić information content (AvgIpc) is 3.38. The molecule has 0 aliphatic rings. The Balaban J connectivity index is 1.58. The molecule has 0 fully saturated rings. The third-order valence-electron chi connectivity index (χ3n) is 5.63. The SMILES string of the molecule is CCOc1ccc(-c2c(C)sc3nc(C)n(CC(=O)c4cc5ccccc5o4)c(=O)c23)cc1. The van der Waals surface area contributed by atoms with E-state index >= 15 is 0 Å². The summed E-state index contributed by atoms with van der Waals surface area (Å²) >= 11 is 1.48. The van der Waals surface area contributed by atoms with E-state index in [1.54, 1.807) is 13.0 Å². The molecule has 0 saturated carbocycles. The Hall–Kier alpha value is -3.71. The predicted octanol–water partition coefficient (Wildman–Crippen LogP) is 5.77. The summed E-state index contributed by atoms with van der Waals surface area (Å²) in [6.45, 7) is 6.13. The first kappa shape index (κ1) is 21.2. The Morgan fingerprint density at radius 1 is 1.12 bits per heavy atom. The molecule has 0 atom stereocenters. The molecule has 5 rings (SSSR count). The van der Waals surface area contributed by atoms with E-state index in [9.17, 15) is 9.59 Å². The minimum absolute atomic E-state index is 0.134. The first-order chi connectivity index (χ1) is 16.0. The molecule has 2 aromatic carbocycles. The maximum absolute atomic E-state index is 13.6. The second-order valence-electron chi connectivity index (χ2n) is 7.79. The normalized spacial score (nSPS) is 11.4. The van der Waals surface area contributed by atoms with E-state index in [4.69, 9.17) is 9.15 Å². The van der Waals surface area contributed by atoms with Gasteiger partial charge >= 0.3 is 0 Å². The lowest BCUT2D eigenvalue weighted by molar-refractivity contribution is 0.0944. The number of aromatic nitrogens is 2. The van der Waals surface area contributed by atoms with Gasteiger partial charge in [-0.05, 0) is 50.6 Å². The number of nitrogens with zero attached hydrogens (tertiary/aromatic N) is 2. The molecule has 0 amide bonds. The quantitative estimate of drug-likeness (QED) is 0.302. The number of thiophene rings is 1. The highest BCUT2D eigenvalue weighted by atomic mass is 32.1. The molecule has 3 heterocycles. The van der Waals surface area contributed by atoms with Gasteiger partial charge in [-0.1, -0.05) is 30.3 Å². The monoisotopic (exact) mass is 458 g/mol. The molecule has 0 bridgehead atoms. The summed E-state index contributed by atoms with van der Waals surface area (Å²) in [6.07, 6.45) is 0. The fourth-order valence-corrected chi connectivity index (χ4v) is 5.14. The Kier molecular flexibility index (Phi) is 5.34. The molecular formula is C26H22N2O4S. The molecule has 0 aliphatic carbocycles. The van der Waals surface area contributed by atoms with E-state index in [-0.39, 0.29) is 23.6 Å². The van der Waals surface area contributed by atoms with Gasteiger partial charge in [0.15, 0.2) is 5.76 Å². The van der Waals surface area contributed by atoms with Crippen LogP contribution < -0.4 is 10.3 Å². The second-order valence-corrected chi connectivity index (χ2v) is 9.00. The van der Waals surface area contributed by atoms with E-state index in [0.717, 1.165) is 27.1 Å². The molecule has 0 saturated heterocycles. The van der Waals surface area contributed by atoms with Crippen molar-refractivity contribution in [2.45, 2.75) is 27.3 Å². The van der Waals surface area contributed by atoms with Crippen molar-refractivity contribution in [2.24, 2.45) is 0 Å². The van der Waals surface area contributed by atoms with Crippen LogP contribution in [0, 0.1) is 13.8 Å². The number of hydrogen-bond acceptors (Lipinski definition) is 6. The maximum Gasteiger partial charge on any atom is 0.263 e. The number of ether oxygens (including phenoxy) is 1. The topological polar surface area (TPSA) is 74.3 Å². The number of carbonyl (C=O) groups excluding carboxylic acids is 1. The highest BCUT2D eigenvalue weighted by molar-refractivity contribution is 7.19. The number of benzene rings is 2. The lowest BCUT2D eigenvalue weighted by atomic mass is 10.0. The van der Waals surface area contributed by atoms with E-state index in [1.807, 2.05) is 62.4 Å². The van der Waals surface area contributed by atoms with Crippen molar-refractivity contribution in [3.63, 3.8) is 0 Å². The van der Waals surface area contributed by atoms with Gasteiger partial charge in [0.05, 0.1) is 18.5 Å². The van der Waals surface area contributed by atoms with Crippen molar-refractivity contribution in [2.75, 3.05) is 6.61 Å². The zero-order chi connectivity index (χ0) is 23.1. The van der Waals surface area contributed by atoms with Gasteiger partial charge in [0.1, 0.15) is 22.0 Å². The maximum atomic E-state index is 13.6. The third-order valence-corrected chi connectivity index (χ3v) is 6.63. The molecule has 5 aromatic rings. The highest BCUT2D eigenvalue weighted by Crippen LogP contribution is 2.36. The molecule has 0 spiro atoms. The zero-order valence-corrected chi connectivity index (χ0v) is 19.4. The summed E-state index contributed by atoms with van der Waals surface area (Å²) in [5.74, 6) is 1.24. The number of fused-ring (bicyclic) bond motifs is 2. The Morgan fingerprint density at radius 2 is 1.88 bits per heavy atom. The lowest BCUT2D eigenvalue weighted by Gasteiger charge is -2.09. The summed E-state index contributed by atoms with van der Waals surface area (Å²) < 4.78 is 12.7. The van der Waals surface area contributed by atoms with E-state index in [0.29, 0.717) is 28.2 Å². The lowest BCUT2D eigenvalue weighted by Crippen LogP contribution is -2.27. The second kappa shape index (κ2) is 8.33. The molecule has 0 aliphatic heterocycles. The van der Waals surface area contributed by atoms with Crippen molar-refractivity contribution in [1.29, 1.82) is 0 Å². The number of rotatable bonds is 6. The summed E-state index contributed by atoms with van der Waals surface area (Å²) in [4.78, 5) is 32.9. The van der Waals surface area contributed by atoms with E-state index in [2.05, 4.69) is 4.98 Å². The van der Waals surface area contributed by atoms with Crippen LogP contribution in [0.5, 0.6) is 5.75 Å². The fraction of sp³-hybridized carbons (Fsp3) is 0.192. The third kappa shape index (κ3) is 3.74. The Morgan fingerprint density at radius 3 is 2.61 bits per heavy atom. The average molecular weight is 459 g/mol. The molecule has 166 valence electrons. The van der Waals surface area contributed by atoms with Crippen LogP contribution in [0.2, 0.25) is 0 Å². The number of Topliss-reactive ketones (excluding diaryl/α,β-unsaturated/α-hetero) is 1.